The average molecular weight is 340 g/mol. The zero-order chi connectivity index (χ0) is 17.2. The fourth-order valence-corrected chi connectivity index (χ4v) is 2.64. The van der Waals surface area contributed by atoms with Gasteiger partial charge in [-0.1, -0.05) is 0 Å². The van der Waals surface area contributed by atoms with Crippen molar-refractivity contribution in [1.29, 1.82) is 0 Å². The Kier molecular flexibility index (Phi) is 4.81. The van der Waals surface area contributed by atoms with E-state index in [-0.39, 0.29) is 16.5 Å². The molecule has 0 aliphatic heterocycles. The minimum atomic E-state index is -4.01. The van der Waals surface area contributed by atoms with Gasteiger partial charge >= 0.3 is 0 Å². The number of hydrogen-bond donors (Lipinski definition) is 3. The van der Waals surface area contributed by atoms with Gasteiger partial charge in [0.25, 0.3) is 5.91 Å². The number of sulfonamides is 1. The average Bonchev–Trinajstić information content (AvgIpc) is 2.82. The Morgan fingerprint density at radius 1 is 1.43 bits per heavy atom. The van der Waals surface area contributed by atoms with Crippen molar-refractivity contribution in [2.75, 3.05) is 0 Å². The molecule has 1 aromatic carbocycles. The summed E-state index contributed by atoms with van der Waals surface area (Å²) in [4.78, 5) is 11.8. The lowest BCUT2D eigenvalue weighted by atomic mass is 10.1. The summed E-state index contributed by atoms with van der Waals surface area (Å²) in [5.41, 5.74) is 1.28. The minimum Gasteiger partial charge on any atom is -0.349 e. The molecule has 2 aromatic rings. The van der Waals surface area contributed by atoms with E-state index in [1.54, 1.807) is 6.92 Å². The summed E-state index contributed by atoms with van der Waals surface area (Å²) < 4.78 is 36.4. The van der Waals surface area contributed by atoms with E-state index in [0.717, 1.165) is 29.6 Å². The van der Waals surface area contributed by atoms with Crippen molar-refractivity contribution in [1.82, 2.24) is 15.5 Å². The van der Waals surface area contributed by atoms with Crippen LogP contribution in [0.4, 0.5) is 4.39 Å². The molecule has 0 saturated heterocycles. The fourth-order valence-electron chi connectivity index (χ4n) is 2.10. The number of carbonyl (C=O) groups is 1. The zero-order valence-electron chi connectivity index (χ0n) is 12.6. The van der Waals surface area contributed by atoms with E-state index in [2.05, 4.69) is 15.5 Å². The number of benzene rings is 1. The maximum Gasteiger partial charge on any atom is 0.254 e. The molecule has 0 radical (unpaired) electrons. The molecule has 1 aromatic heterocycles. The molecule has 0 spiro atoms. The largest absolute Gasteiger partial charge is 0.349 e. The van der Waals surface area contributed by atoms with Crippen LogP contribution in [0.2, 0.25) is 0 Å². The Morgan fingerprint density at radius 3 is 2.70 bits per heavy atom. The van der Waals surface area contributed by atoms with E-state index in [0.29, 0.717) is 6.42 Å². The van der Waals surface area contributed by atoms with Crippen LogP contribution in [0.25, 0.3) is 0 Å². The molecule has 2 rings (SSSR count). The lowest BCUT2D eigenvalue weighted by molar-refractivity contribution is 0.0935. The summed E-state index contributed by atoms with van der Waals surface area (Å²) in [7, 11) is -4.01. The fraction of sp³-hybridized carbons (Fsp3) is 0.286. The summed E-state index contributed by atoms with van der Waals surface area (Å²) in [6.45, 7) is 3.59. The molecule has 0 aliphatic carbocycles. The standard InChI is InChI=1S/C14H17FN4O3S/c1-8(5-10-6-9(2)18-19-10)17-14(20)12-7-11(23(16,21)22)3-4-13(12)15/h3-4,6-8H,5H2,1-2H3,(H,17,20)(H,18,19)(H2,16,21,22). The van der Waals surface area contributed by atoms with Crippen LogP contribution in [0.1, 0.15) is 28.7 Å². The van der Waals surface area contributed by atoms with Gasteiger partial charge in [0.05, 0.1) is 16.2 Å². The van der Waals surface area contributed by atoms with Crippen molar-refractivity contribution in [3.05, 3.63) is 47.0 Å². The van der Waals surface area contributed by atoms with Crippen molar-refractivity contribution in [3.63, 3.8) is 0 Å². The third-order valence-corrected chi connectivity index (χ3v) is 4.07. The topological polar surface area (TPSA) is 118 Å². The highest BCUT2D eigenvalue weighted by atomic mass is 32.2. The Balaban J connectivity index is 2.14. The van der Waals surface area contributed by atoms with Crippen LogP contribution in [0.5, 0.6) is 0 Å². The molecule has 1 unspecified atom stereocenters. The minimum absolute atomic E-state index is 0.317. The van der Waals surface area contributed by atoms with Crippen LogP contribution < -0.4 is 10.5 Å². The molecule has 0 bridgehead atoms. The van der Waals surface area contributed by atoms with Gasteiger partial charge in [-0.05, 0) is 38.1 Å². The first-order valence-electron chi connectivity index (χ1n) is 6.81. The molecule has 124 valence electrons. The Bertz CT molecular complexity index is 832. The van der Waals surface area contributed by atoms with Crippen LogP contribution in [-0.2, 0) is 16.4 Å². The third-order valence-electron chi connectivity index (χ3n) is 3.16. The maximum absolute atomic E-state index is 13.8. The number of aryl methyl sites for hydroxylation is 1. The van der Waals surface area contributed by atoms with E-state index in [4.69, 9.17) is 5.14 Å². The highest BCUT2D eigenvalue weighted by Gasteiger charge is 2.18. The number of nitrogens with one attached hydrogen (secondary N) is 2. The summed E-state index contributed by atoms with van der Waals surface area (Å²) in [5, 5.41) is 14.4. The van der Waals surface area contributed by atoms with Gasteiger partial charge in [-0.25, -0.2) is 17.9 Å². The van der Waals surface area contributed by atoms with Crippen molar-refractivity contribution in [2.45, 2.75) is 31.2 Å². The first-order valence-corrected chi connectivity index (χ1v) is 8.35. The predicted octanol–water partition coefficient (Wildman–Crippen LogP) is 0.866. The number of primary sulfonamides is 1. The maximum atomic E-state index is 13.8. The smallest absolute Gasteiger partial charge is 0.254 e. The monoisotopic (exact) mass is 340 g/mol. The van der Waals surface area contributed by atoms with Crippen molar-refractivity contribution in [3.8, 4) is 0 Å². The summed E-state index contributed by atoms with van der Waals surface area (Å²) in [6, 6.07) is 4.35. The van der Waals surface area contributed by atoms with E-state index in [1.807, 2.05) is 13.0 Å². The van der Waals surface area contributed by atoms with Gasteiger partial charge in [0.2, 0.25) is 10.0 Å². The number of aromatic amines is 1. The SMILES string of the molecule is Cc1cc(CC(C)NC(=O)c2cc(S(N)(=O)=O)ccc2F)n[nH]1. The second-order valence-corrected chi connectivity index (χ2v) is 6.87. The Morgan fingerprint density at radius 2 is 2.13 bits per heavy atom. The van der Waals surface area contributed by atoms with Crippen LogP contribution >= 0.6 is 0 Å². The van der Waals surface area contributed by atoms with E-state index >= 15 is 0 Å². The van der Waals surface area contributed by atoms with Gasteiger partial charge < -0.3 is 5.32 Å². The molecular weight excluding hydrogens is 323 g/mol. The normalized spacial score (nSPS) is 12.9. The number of nitrogens with two attached hydrogens (primary N) is 1. The third kappa shape index (κ3) is 4.36. The molecule has 7 nitrogen and oxygen atoms in total. The number of hydrogen-bond acceptors (Lipinski definition) is 4. The van der Waals surface area contributed by atoms with Crippen molar-refractivity contribution < 1.29 is 17.6 Å². The molecule has 9 heteroatoms. The first kappa shape index (κ1) is 17.1. The highest BCUT2D eigenvalue weighted by molar-refractivity contribution is 7.89. The second-order valence-electron chi connectivity index (χ2n) is 5.31. The van der Waals surface area contributed by atoms with Gasteiger partial charge in [0.1, 0.15) is 5.82 Å². The Labute approximate surface area is 133 Å². The van der Waals surface area contributed by atoms with Crippen LogP contribution in [-0.4, -0.2) is 30.6 Å². The molecule has 0 saturated carbocycles. The molecule has 23 heavy (non-hydrogen) atoms. The Hall–Kier alpha value is -2.26. The first-order chi connectivity index (χ1) is 10.7. The number of carbonyl (C=O) groups excluding carboxylic acids is 1. The molecule has 1 heterocycles. The van der Waals surface area contributed by atoms with Crippen LogP contribution in [0, 0.1) is 12.7 Å². The number of halogens is 1. The number of rotatable bonds is 5. The van der Waals surface area contributed by atoms with E-state index < -0.39 is 21.7 Å². The lowest BCUT2D eigenvalue weighted by Gasteiger charge is -2.13. The quantitative estimate of drug-likeness (QED) is 0.748. The zero-order valence-corrected chi connectivity index (χ0v) is 13.4. The molecule has 4 N–H and O–H groups in total. The van der Waals surface area contributed by atoms with Gasteiger partial charge in [0, 0.05) is 18.2 Å². The molecular formula is C14H17FN4O3S. The summed E-state index contributed by atoms with van der Waals surface area (Å²) in [6.07, 6.45) is 0.451. The number of aromatic nitrogens is 2. The number of amides is 1. The second kappa shape index (κ2) is 6.47. The van der Waals surface area contributed by atoms with Crippen LogP contribution in [0.3, 0.4) is 0 Å². The molecule has 0 fully saturated rings. The molecule has 1 amide bonds. The van der Waals surface area contributed by atoms with Gasteiger partial charge in [0.15, 0.2) is 0 Å². The van der Waals surface area contributed by atoms with Gasteiger partial charge in [-0.15, -0.1) is 0 Å². The van der Waals surface area contributed by atoms with E-state index in [1.165, 1.54) is 0 Å². The molecule has 0 aliphatic rings. The van der Waals surface area contributed by atoms with Gasteiger partial charge in [-0.2, -0.15) is 5.10 Å². The molecule has 1 atom stereocenters. The van der Waals surface area contributed by atoms with E-state index in [9.17, 15) is 17.6 Å². The van der Waals surface area contributed by atoms with Gasteiger partial charge in [-0.3, -0.25) is 9.89 Å². The predicted molar refractivity (Wildman–Crippen MR) is 81.7 cm³/mol. The number of nitrogens with zero attached hydrogens (tertiary/aromatic N) is 1. The van der Waals surface area contributed by atoms with Crippen molar-refractivity contribution in [2.24, 2.45) is 5.14 Å². The highest BCUT2D eigenvalue weighted by Crippen LogP contribution is 2.14. The number of H-pyrrole nitrogens is 1. The lowest BCUT2D eigenvalue weighted by Crippen LogP contribution is -2.34. The van der Waals surface area contributed by atoms with Crippen LogP contribution in [0.15, 0.2) is 29.2 Å². The summed E-state index contributed by atoms with van der Waals surface area (Å²) in [5.74, 6) is -1.54. The summed E-state index contributed by atoms with van der Waals surface area (Å²) >= 11 is 0. The van der Waals surface area contributed by atoms with Crippen molar-refractivity contribution >= 4 is 15.9 Å².